The predicted molar refractivity (Wildman–Crippen MR) is 191 cm³/mol. The average molecular weight is 683 g/mol. The van der Waals surface area contributed by atoms with Crippen LogP contribution in [0.5, 0.6) is 0 Å². The van der Waals surface area contributed by atoms with Gasteiger partial charge in [0.2, 0.25) is 5.79 Å². The van der Waals surface area contributed by atoms with Gasteiger partial charge in [0, 0.05) is 0 Å². The summed E-state index contributed by atoms with van der Waals surface area (Å²) in [5, 5.41) is 0. The second kappa shape index (κ2) is 20.1. The van der Waals surface area contributed by atoms with Crippen molar-refractivity contribution in [1.82, 2.24) is 0 Å². The van der Waals surface area contributed by atoms with Gasteiger partial charge < -0.3 is 33.2 Å². The van der Waals surface area contributed by atoms with E-state index >= 15 is 0 Å². The Balaban J connectivity index is 1.55. The summed E-state index contributed by atoms with van der Waals surface area (Å²) >= 11 is 0. The Bertz CT molecular complexity index is 1500. The molecule has 4 aromatic rings. The molecule has 0 saturated carbocycles. The molecule has 1 aliphatic heterocycles. The highest BCUT2D eigenvalue weighted by Gasteiger charge is 2.59. The molecule has 0 radical (unpaired) electrons. The first-order valence-corrected chi connectivity index (χ1v) is 17.7. The smallest absolute Gasteiger partial charge is 0.311 e. The van der Waals surface area contributed by atoms with Gasteiger partial charge in [-0.05, 0) is 35.6 Å². The van der Waals surface area contributed by atoms with Crippen molar-refractivity contribution in [1.29, 1.82) is 0 Å². The second-order valence-electron chi connectivity index (χ2n) is 12.4. The molecule has 50 heavy (non-hydrogen) atoms. The minimum atomic E-state index is -1.55. The van der Waals surface area contributed by atoms with Crippen molar-refractivity contribution in [2.75, 3.05) is 19.8 Å². The van der Waals surface area contributed by atoms with E-state index in [0.717, 1.165) is 35.1 Å². The standard InChI is InChI=1S/C42H50O8/c1-3-5-26-49-42(27-38(43)45-4-2)41(48-31-36-24-16-9-17-25-36)40(47-30-35-22-14-8-15-23-35)39(46-29-34-20-12-7-13-21-34)37(50-42)32-44-28-33-18-10-6-11-19-33/h6-25,37,39-41H,3-5,26-32H2,1-2H3/t37-,39-,40+,41-,42+/m1/s1. The molecule has 266 valence electrons. The van der Waals surface area contributed by atoms with Gasteiger partial charge in [0.05, 0.1) is 46.2 Å². The second-order valence-corrected chi connectivity index (χ2v) is 12.4. The van der Waals surface area contributed by atoms with Crippen LogP contribution in [0.4, 0.5) is 0 Å². The molecular weight excluding hydrogens is 632 g/mol. The number of benzene rings is 4. The third-order valence-corrected chi connectivity index (χ3v) is 8.55. The Kier molecular flexibility index (Phi) is 15.0. The fourth-order valence-electron chi connectivity index (χ4n) is 6.03. The summed E-state index contributed by atoms with van der Waals surface area (Å²) in [4.78, 5) is 13.4. The van der Waals surface area contributed by atoms with E-state index in [-0.39, 0.29) is 32.8 Å². The van der Waals surface area contributed by atoms with Gasteiger partial charge in [0.25, 0.3) is 0 Å². The molecule has 0 aromatic heterocycles. The summed E-state index contributed by atoms with van der Waals surface area (Å²) in [6.45, 7) is 5.80. The molecule has 1 heterocycles. The lowest BCUT2D eigenvalue weighted by Crippen LogP contribution is -2.68. The summed E-state index contributed by atoms with van der Waals surface area (Å²) in [6, 6.07) is 39.8. The normalized spacial score (nSPS) is 21.9. The van der Waals surface area contributed by atoms with Crippen LogP contribution in [0.1, 0.15) is 55.4 Å². The fraction of sp³-hybridized carbons (Fsp3) is 0.405. The van der Waals surface area contributed by atoms with E-state index in [1.165, 1.54) is 0 Å². The van der Waals surface area contributed by atoms with Crippen molar-refractivity contribution in [2.24, 2.45) is 0 Å². The molecule has 1 aliphatic rings. The van der Waals surface area contributed by atoms with Crippen LogP contribution in [0.25, 0.3) is 0 Å². The van der Waals surface area contributed by atoms with Crippen molar-refractivity contribution >= 4 is 5.97 Å². The van der Waals surface area contributed by atoms with Crippen LogP contribution >= 0.6 is 0 Å². The van der Waals surface area contributed by atoms with Crippen LogP contribution in [0.3, 0.4) is 0 Å². The number of rotatable bonds is 20. The average Bonchev–Trinajstić information content (AvgIpc) is 3.15. The maximum Gasteiger partial charge on any atom is 0.311 e. The van der Waals surface area contributed by atoms with Crippen molar-refractivity contribution in [2.45, 2.75) is 89.7 Å². The van der Waals surface area contributed by atoms with Gasteiger partial charge in [0.1, 0.15) is 30.8 Å². The Labute approximate surface area is 296 Å². The van der Waals surface area contributed by atoms with E-state index in [4.69, 9.17) is 33.2 Å². The number of hydrogen-bond donors (Lipinski definition) is 0. The molecule has 8 nitrogen and oxygen atoms in total. The van der Waals surface area contributed by atoms with Crippen LogP contribution in [0.15, 0.2) is 121 Å². The Hall–Kier alpha value is -3.89. The van der Waals surface area contributed by atoms with Crippen LogP contribution in [-0.4, -0.2) is 56.0 Å². The van der Waals surface area contributed by atoms with E-state index in [1.54, 1.807) is 6.92 Å². The monoisotopic (exact) mass is 682 g/mol. The van der Waals surface area contributed by atoms with Gasteiger partial charge in [-0.1, -0.05) is 135 Å². The lowest BCUT2D eigenvalue weighted by Gasteiger charge is -2.52. The number of ether oxygens (including phenoxy) is 7. The van der Waals surface area contributed by atoms with Crippen molar-refractivity contribution in [3.05, 3.63) is 144 Å². The molecule has 8 heteroatoms. The Morgan fingerprint density at radius 2 is 1.12 bits per heavy atom. The highest BCUT2D eigenvalue weighted by atomic mass is 16.7. The van der Waals surface area contributed by atoms with Gasteiger partial charge in [0.15, 0.2) is 0 Å². The predicted octanol–water partition coefficient (Wildman–Crippen LogP) is 7.82. The largest absolute Gasteiger partial charge is 0.466 e. The third-order valence-electron chi connectivity index (χ3n) is 8.55. The zero-order chi connectivity index (χ0) is 34.9. The van der Waals surface area contributed by atoms with Gasteiger partial charge in [-0.2, -0.15) is 0 Å². The van der Waals surface area contributed by atoms with E-state index in [0.29, 0.717) is 19.8 Å². The van der Waals surface area contributed by atoms with E-state index < -0.39 is 36.2 Å². The van der Waals surface area contributed by atoms with Crippen LogP contribution in [-0.2, 0) is 64.4 Å². The quantitative estimate of drug-likeness (QED) is 0.0690. The maximum atomic E-state index is 13.4. The molecule has 0 unspecified atom stereocenters. The minimum Gasteiger partial charge on any atom is -0.466 e. The summed E-state index contributed by atoms with van der Waals surface area (Å²) in [6.07, 6.45) is -1.48. The molecule has 0 N–H and O–H groups in total. The lowest BCUT2D eigenvalue weighted by molar-refractivity contribution is -0.383. The summed E-state index contributed by atoms with van der Waals surface area (Å²) in [5.74, 6) is -2.00. The molecule has 1 fully saturated rings. The van der Waals surface area contributed by atoms with Gasteiger partial charge in [-0.25, -0.2) is 0 Å². The molecule has 0 aliphatic carbocycles. The molecule has 0 amide bonds. The van der Waals surface area contributed by atoms with Crippen LogP contribution < -0.4 is 0 Å². The molecular formula is C42H50O8. The molecule has 0 spiro atoms. The minimum absolute atomic E-state index is 0.159. The molecule has 0 bridgehead atoms. The first-order valence-electron chi connectivity index (χ1n) is 17.7. The summed E-state index contributed by atoms with van der Waals surface area (Å²) in [7, 11) is 0. The number of esters is 1. The van der Waals surface area contributed by atoms with Crippen LogP contribution in [0, 0.1) is 0 Å². The first kappa shape index (κ1) is 37.4. The van der Waals surface area contributed by atoms with E-state index in [9.17, 15) is 4.79 Å². The zero-order valence-corrected chi connectivity index (χ0v) is 29.2. The number of unbranched alkanes of at least 4 members (excludes halogenated alkanes) is 1. The van der Waals surface area contributed by atoms with Crippen molar-refractivity contribution in [3.63, 3.8) is 0 Å². The topological polar surface area (TPSA) is 81.7 Å². The SMILES string of the molecule is CCCCO[C@@]1(CC(=O)OCC)O[C@H](COCc2ccccc2)[C@@H](OCc2ccccc2)[C@H](OCc2ccccc2)[C@H]1OCc1ccccc1. The number of carbonyl (C=O) groups is 1. The maximum absolute atomic E-state index is 13.4. The fourth-order valence-corrected chi connectivity index (χ4v) is 6.03. The summed E-state index contributed by atoms with van der Waals surface area (Å²) < 4.78 is 45.9. The number of hydrogen-bond acceptors (Lipinski definition) is 8. The van der Waals surface area contributed by atoms with Crippen LogP contribution in [0.2, 0.25) is 0 Å². The van der Waals surface area contributed by atoms with Crippen molar-refractivity contribution in [3.8, 4) is 0 Å². The molecule has 5 rings (SSSR count). The summed E-state index contributed by atoms with van der Waals surface area (Å²) in [5.41, 5.74) is 3.98. The Morgan fingerprint density at radius 1 is 0.640 bits per heavy atom. The third kappa shape index (κ3) is 11.1. The Morgan fingerprint density at radius 3 is 1.62 bits per heavy atom. The van der Waals surface area contributed by atoms with Gasteiger partial charge >= 0.3 is 5.97 Å². The highest BCUT2D eigenvalue weighted by molar-refractivity contribution is 5.70. The van der Waals surface area contributed by atoms with Gasteiger partial charge in [-0.3, -0.25) is 4.79 Å². The number of carbonyl (C=O) groups excluding carboxylic acids is 1. The zero-order valence-electron chi connectivity index (χ0n) is 29.2. The van der Waals surface area contributed by atoms with E-state index in [1.807, 2.05) is 121 Å². The van der Waals surface area contributed by atoms with Gasteiger partial charge in [-0.15, -0.1) is 0 Å². The van der Waals surface area contributed by atoms with Crippen molar-refractivity contribution < 1.29 is 38.0 Å². The van der Waals surface area contributed by atoms with E-state index in [2.05, 4.69) is 6.92 Å². The highest BCUT2D eigenvalue weighted by Crippen LogP contribution is 2.40. The molecule has 1 saturated heterocycles. The first-order chi connectivity index (χ1) is 24.6. The molecule has 4 aromatic carbocycles. The lowest BCUT2D eigenvalue weighted by atomic mass is 9.89. The molecule has 5 atom stereocenters.